The molecule has 1 amide bonds. The third-order valence-corrected chi connectivity index (χ3v) is 3.25. The maximum absolute atomic E-state index is 13.3. The third-order valence-electron chi connectivity index (χ3n) is 3.25. The highest BCUT2D eigenvalue weighted by molar-refractivity contribution is 6.06. The number of amides is 1. The Morgan fingerprint density at radius 1 is 1.67 bits per heavy atom. The van der Waals surface area contributed by atoms with Crippen molar-refractivity contribution in [2.24, 2.45) is 0 Å². The zero-order valence-electron chi connectivity index (χ0n) is 9.76. The molecule has 2 heterocycles. The summed E-state index contributed by atoms with van der Waals surface area (Å²) in [5.74, 6) is -1.40. The molecule has 6 heteroatoms. The number of rotatable bonds is 3. The summed E-state index contributed by atoms with van der Waals surface area (Å²) < 4.78 is 18.7. The van der Waals surface area contributed by atoms with Gasteiger partial charge in [0.1, 0.15) is 17.7 Å². The van der Waals surface area contributed by atoms with Crippen LogP contribution in [0.25, 0.3) is 0 Å². The van der Waals surface area contributed by atoms with Gasteiger partial charge in [0, 0.05) is 6.20 Å². The van der Waals surface area contributed by atoms with Crippen LogP contribution in [0.1, 0.15) is 19.3 Å². The summed E-state index contributed by atoms with van der Waals surface area (Å²) in [6.45, 7) is 2.64. The summed E-state index contributed by atoms with van der Waals surface area (Å²) >= 11 is 0. The highest BCUT2D eigenvalue weighted by Gasteiger charge is 2.46. The van der Waals surface area contributed by atoms with Gasteiger partial charge >= 0.3 is 0 Å². The molecule has 2 aliphatic heterocycles. The van der Waals surface area contributed by atoms with E-state index in [1.807, 2.05) is 0 Å². The number of nitrogens with zero attached hydrogens (tertiary/aromatic N) is 1. The average molecular weight is 255 g/mol. The largest absolute Gasteiger partial charge is 0.393 e. The number of allylic oxidation sites excluding steroid dienone is 1. The molecule has 98 valence electrons. The van der Waals surface area contributed by atoms with Crippen molar-refractivity contribution < 1.29 is 23.8 Å². The fourth-order valence-electron chi connectivity index (χ4n) is 2.13. The number of hydrogen-bond acceptors (Lipinski definition) is 4. The fourth-order valence-corrected chi connectivity index (χ4v) is 2.13. The molecule has 1 saturated heterocycles. The van der Waals surface area contributed by atoms with Crippen LogP contribution in [0.15, 0.2) is 24.7 Å². The first-order valence-corrected chi connectivity index (χ1v) is 5.64. The molecule has 0 radical (unpaired) electrons. The predicted molar refractivity (Wildman–Crippen MR) is 59.8 cm³/mol. The fraction of sp³-hybridized carbons (Fsp3) is 0.500. The molecule has 2 aliphatic rings. The molecule has 18 heavy (non-hydrogen) atoms. The van der Waals surface area contributed by atoms with Gasteiger partial charge in [-0.1, -0.05) is 6.58 Å². The number of carbonyl (C=O) groups is 2. The van der Waals surface area contributed by atoms with E-state index in [2.05, 4.69) is 6.58 Å². The van der Waals surface area contributed by atoms with E-state index >= 15 is 0 Å². The quantitative estimate of drug-likeness (QED) is 0.752. The Bertz CT molecular complexity index is 434. The topological polar surface area (TPSA) is 66.8 Å². The molecule has 0 aromatic rings. The van der Waals surface area contributed by atoms with Crippen molar-refractivity contribution >= 4 is 11.7 Å². The minimum Gasteiger partial charge on any atom is -0.393 e. The Morgan fingerprint density at radius 3 is 2.89 bits per heavy atom. The molecule has 0 aliphatic carbocycles. The lowest BCUT2D eigenvalue weighted by molar-refractivity contribution is -0.150. The zero-order chi connectivity index (χ0) is 13.3. The lowest BCUT2D eigenvalue weighted by atomic mass is 10.0. The van der Waals surface area contributed by atoms with Crippen molar-refractivity contribution in [3.63, 3.8) is 0 Å². The van der Waals surface area contributed by atoms with Gasteiger partial charge in [-0.05, 0) is 18.9 Å². The monoisotopic (exact) mass is 255 g/mol. The van der Waals surface area contributed by atoms with E-state index in [1.54, 1.807) is 0 Å². The first-order valence-electron chi connectivity index (χ1n) is 5.64. The SMILES string of the molecule is C=C(F)[C@@]1(CO)CCC(N2C=CC(=O)CC2=O)O1. The second-order valence-electron chi connectivity index (χ2n) is 4.43. The van der Waals surface area contributed by atoms with E-state index in [0.717, 1.165) is 0 Å². The standard InChI is InChI=1S/C12H14FNO4/c1-8(13)12(7-15)4-2-11(18-12)14-5-3-9(16)6-10(14)17/h3,5,11,15H,1-2,4,6-7H2/t11?,12-/m0/s1. The molecular weight excluding hydrogens is 241 g/mol. The van der Waals surface area contributed by atoms with E-state index < -0.39 is 24.3 Å². The average Bonchev–Trinajstić information content (AvgIpc) is 2.74. The van der Waals surface area contributed by atoms with Gasteiger partial charge in [-0.2, -0.15) is 0 Å². The molecule has 0 aromatic carbocycles. The van der Waals surface area contributed by atoms with Gasteiger partial charge in [-0.15, -0.1) is 0 Å². The molecule has 5 nitrogen and oxygen atoms in total. The molecule has 0 aromatic heterocycles. The highest BCUT2D eigenvalue weighted by atomic mass is 19.1. The zero-order valence-corrected chi connectivity index (χ0v) is 9.76. The molecule has 0 bridgehead atoms. The maximum Gasteiger partial charge on any atom is 0.236 e. The van der Waals surface area contributed by atoms with Gasteiger partial charge in [-0.25, -0.2) is 4.39 Å². The minimum absolute atomic E-state index is 0.209. The van der Waals surface area contributed by atoms with E-state index in [0.29, 0.717) is 6.42 Å². The summed E-state index contributed by atoms with van der Waals surface area (Å²) in [5.41, 5.74) is -1.43. The Labute approximate surface area is 104 Å². The molecule has 2 rings (SSSR count). The van der Waals surface area contributed by atoms with Gasteiger partial charge in [0.15, 0.2) is 5.78 Å². The number of halogens is 1. The number of carbonyl (C=O) groups excluding carboxylic acids is 2. The number of ketones is 1. The van der Waals surface area contributed by atoms with Crippen molar-refractivity contribution in [2.75, 3.05) is 6.61 Å². The minimum atomic E-state index is -1.43. The van der Waals surface area contributed by atoms with Crippen LogP contribution >= 0.6 is 0 Å². The molecule has 0 spiro atoms. The summed E-state index contributed by atoms with van der Waals surface area (Å²) in [4.78, 5) is 24.0. The molecule has 0 saturated carbocycles. The van der Waals surface area contributed by atoms with E-state index in [1.165, 1.54) is 17.2 Å². The lowest BCUT2D eigenvalue weighted by Crippen LogP contribution is -2.42. The Hall–Kier alpha value is -1.53. The van der Waals surface area contributed by atoms with Gasteiger partial charge < -0.3 is 9.84 Å². The van der Waals surface area contributed by atoms with Crippen molar-refractivity contribution in [1.82, 2.24) is 4.90 Å². The van der Waals surface area contributed by atoms with Crippen molar-refractivity contribution in [1.29, 1.82) is 0 Å². The molecule has 1 unspecified atom stereocenters. The van der Waals surface area contributed by atoms with Crippen LogP contribution < -0.4 is 0 Å². The van der Waals surface area contributed by atoms with Crippen LogP contribution in [0.3, 0.4) is 0 Å². The summed E-state index contributed by atoms with van der Waals surface area (Å²) in [5, 5.41) is 9.21. The number of aliphatic hydroxyl groups excluding tert-OH is 1. The molecular formula is C12H14FNO4. The normalized spacial score (nSPS) is 32.1. The predicted octanol–water partition coefficient (Wildman–Crippen LogP) is 0.652. The molecule has 1 fully saturated rings. The van der Waals surface area contributed by atoms with Gasteiger partial charge in [-0.3, -0.25) is 14.5 Å². The second kappa shape index (κ2) is 4.62. The summed E-state index contributed by atoms with van der Waals surface area (Å²) in [7, 11) is 0. The van der Waals surface area contributed by atoms with Gasteiger partial charge in [0.05, 0.1) is 13.0 Å². The second-order valence-corrected chi connectivity index (χ2v) is 4.43. The van der Waals surface area contributed by atoms with Crippen LogP contribution in [0.4, 0.5) is 4.39 Å². The van der Waals surface area contributed by atoms with E-state index in [-0.39, 0.29) is 24.5 Å². The smallest absolute Gasteiger partial charge is 0.236 e. The van der Waals surface area contributed by atoms with Crippen LogP contribution in [0.5, 0.6) is 0 Å². The third kappa shape index (κ3) is 2.09. The number of aliphatic hydroxyl groups is 1. The van der Waals surface area contributed by atoms with Gasteiger partial charge in [0.2, 0.25) is 5.91 Å². The van der Waals surface area contributed by atoms with Gasteiger partial charge in [0.25, 0.3) is 0 Å². The summed E-state index contributed by atoms with van der Waals surface area (Å²) in [6, 6.07) is 0. The van der Waals surface area contributed by atoms with E-state index in [9.17, 15) is 19.1 Å². The van der Waals surface area contributed by atoms with Crippen LogP contribution in [0, 0.1) is 0 Å². The van der Waals surface area contributed by atoms with Crippen molar-refractivity contribution in [3.05, 3.63) is 24.7 Å². The molecule has 2 atom stereocenters. The first-order chi connectivity index (χ1) is 8.48. The van der Waals surface area contributed by atoms with Crippen LogP contribution in [0.2, 0.25) is 0 Å². The first kappa shape index (κ1) is 12.9. The van der Waals surface area contributed by atoms with Crippen LogP contribution in [-0.4, -0.2) is 40.1 Å². The Morgan fingerprint density at radius 2 is 2.39 bits per heavy atom. The highest BCUT2D eigenvalue weighted by Crippen LogP contribution is 2.37. The van der Waals surface area contributed by atoms with E-state index in [4.69, 9.17) is 4.74 Å². The number of ether oxygens (including phenoxy) is 1. The lowest BCUT2D eigenvalue weighted by Gasteiger charge is -2.30. The number of hydrogen-bond donors (Lipinski definition) is 1. The summed E-state index contributed by atoms with van der Waals surface area (Å²) in [6.07, 6.45) is 2.38. The Kier molecular flexibility index (Phi) is 3.32. The van der Waals surface area contributed by atoms with Crippen molar-refractivity contribution in [2.45, 2.75) is 31.1 Å². The van der Waals surface area contributed by atoms with Crippen molar-refractivity contribution in [3.8, 4) is 0 Å². The molecule has 1 N–H and O–H groups in total. The Balaban J connectivity index is 2.14. The van der Waals surface area contributed by atoms with Crippen LogP contribution in [-0.2, 0) is 14.3 Å². The maximum atomic E-state index is 13.3.